The fraction of sp³-hybridized carbons (Fsp3) is 0. The second kappa shape index (κ2) is 16.8. The molecule has 0 aliphatic carbocycles. The predicted molar refractivity (Wildman–Crippen MR) is 280 cm³/mol. The van der Waals surface area contributed by atoms with Crippen LogP contribution in [0.5, 0.6) is 0 Å². The Hall–Kier alpha value is -8.72. The minimum absolute atomic E-state index is 1.09. The van der Waals surface area contributed by atoms with Gasteiger partial charge in [0, 0.05) is 33.5 Å². The van der Waals surface area contributed by atoms with Gasteiger partial charge in [0.1, 0.15) is 0 Å². The molecular weight excluding hydrogens is 797 g/mol. The molecule has 0 aliphatic heterocycles. The predicted octanol–water partition coefficient (Wildman–Crippen LogP) is 17.7. The Kier molecular flexibility index (Phi) is 9.89. The molecule has 0 unspecified atom stereocenters. The smallest absolute Gasteiger partial charge is 0.0541 e. The van der Waals surface area contributed by atoms with Gasteiger partial charge >= 0.3 is 0 Å². The molecule has 310 valence electrons. The van der Waals surface area contributed by atoms with Crippen LogP contribution in [0.25, 0.3) is 93.9 Å². The minimum Gasteiger partial charge on any atom is -0.310 e. The highest BCUT2D eigenvalue weighted by molar-refractivity contribution is 6.09. The van der Waals surface area contributed by atoms with Crippen molar-refractivity contribution in [3.05, 3.63) is 267 Å². The van der Waals surface area contributed by atoms with E-state index in [1.54, 1.807) is 0 Å². The van der Waals surface area contributed by atoms with Crippen molar-refractivity contribution in [1.29, 1.82) is 0 Å². The van der Waals surface area contributed by atoms with E-state index in [9.17, 15) is 0 Å². The number of fused-ring (bicyclic) bond motifs is 4. The molecule has 0 bridgehead atoms. The summed E-state index contributed by atoms with van der Waals surface area (Å²) in [5.41, 5.74) is 18.8. The van der Waals surface area contributed by atoms with Crippen LogP contribution in [-0.2, 0) is 0 Å². The van der Waals surface area contributed by atoms with E-state index in [4.69, 9.17) is 0 Å². The molecule has 0 atom stereocenters. The number of nitrogens with zero attached hydrogens (tertiary/aromatic N) is 2. The van der Waals surface area contributed by atoms with Crippen LogP contribution in [0.1, 0.15) is 0 Å². The van der Waals surface area contributed by atoms with Gasteiger partial charge in [-0.25, -0.2) is 0 Å². The lowest BCUT2D eigenvalue weighted by Gasteiger charge is -2.26. The van der Waals surface area contributed by atoms with Crippen LogP contribution >= 0.6 is 0 Å². The SMILES string of the molecule is c1ccc(-c2cccc(N(c3ccc(-c4ccc(-c5cccc(-n6c7ccccc7c7ccccc76)c5)cc4)cc3)c3ccc(-c4cccc(-c5ccc6ccccc6c5)c4)cc3)c2)cc1. The summed E-state index contributed by atoms with van der Waals surface area (Å²) in [4.78, 5) is 2.36. The summed E-state index contributed by atoms with van der Waals surface area (Å²) >= 11 is 0. The van der Waals surface area contributed by atoms with Gasteiger partial charge in [-0.05, 0) is 139 Å². The van der Waals surface area contributed by atoms with Gasteiger partial charge in [-0.2, -0.15) is 0 Å². The van der Waals surface area contributed by atoms with Gasteiger partial charge in [0.15, 0.2) is 0 Å². The third-order valence-electron chi connectivity index (χ3n) is 13.0. The topological polar surface area (TPSA) is 8.17 Å². The normalized spacial score (nSPS) is 11.3. The van der Waals surface area contributed by atoms with Crippen LogP contribution in [0.3, 0.4) is 0 Å². The van der Waals surface area contributed by atoms with Crippen molar-refractivity contribution in [3.8, 4) is 61.3 Å². The molecule has 0 spiro atoms. The first-order chi connectivity index (χ1) is 32.7. The molecule has 0 aliphatic rings. The number of rotatable bonds is 9. The molecule has 0 fully saturated rings. The van der Waals surface area contributed by atoms with Gasteiger partial charge in [0.05, 0.1) is 11.0 Å². The monoisotopic (exact) mass is 840 g/mol. The second-order valence-corrected chi connectivity index (χ2v) is 17.0. The molecule has 0 radical (unpaired) electrons. The van der Waals surface area contributed by atoms with Crippen molar-refractivity contribution in [1.82, 2.24) is 4.57 Å². The van der Waals surface area contributed by atoms with Gasteiger partial charge in [-0.1, -0.05) is 194 Å². The van der Waals surface area contributed by atoms with Gasteiger partial charge in [-0.3, -0.25) is 0 Å². The maximum absolute atomic E-state index is 2.38. The zero-order chi connectivity index (χ0) is 43.8. The van der Waals surface area contributed by atoms with E-state index in [1.807, 2.05) is 0 Å². The Morgan fingerprint density at radius 1 is 0.227 bits per heavy atom. The van der Waals surface area contributed by atoms with Crippen LogP contribution in [0, 0.1) is 0 Å². The fourth-order valence-electron chi connectivity index (χ4n) is 9.64. The molecule has 2 nitrogen and oxygen atoms in total. The van der Waals surface area contributed by atoms with Gasteiger partial charge in [0.25, 0.3) is 0 Å². The van der Waals surface area contributed by atoms with E-state index < -0.39 is 0 Å². The van der Waals surface area contributed by atoms with Crippen LogP contribution in [0.2, 0.25) is 0 Å². The summed E-state index contributed by atoms with van der Waals surface area (Å²) in [5.74, 6) is 0. The third-order valence-corrected chi connectivity index (χ3v) is 13.0. The molecular formula is C64H44N2. The first-order valence-corrected chi connectivity index (χ1v) is 22.7. The molecule has 0 saturated heterocycles. The van der Waals surface area contributed by atoms with E-state index in [0.29, 0.717) is 0 Å². The van der Waals surface area contributed by atoms with Crippen LogP contribution < -0.4 is 4.90 Å². The zero-order valence-corrected chi connectivity index (χ0v) is 36.3. The number of aromatic nitrogens is 1. The number of hydrogen-bond donors (Lipinski definition) is 0. The van der Waals surface area contributed by atoms with Crippen molar-refractivity contribution in [2.24, 2.45) is 0 Å². The Labute approximate surface area is 385 Å². The van der Waals surface area contributed by atoms with Gasteiger partial charge in [0.2, 0.25) is 0 Å². The van der Waals surface area contributed by atoms with Crippen LogP contribution in [-0.4, -0.2) is 4.57 Å². The third kappa shape index (κ3) is 7.31. The Morgan fingerprint density at radius 3 is 1.27 bits per heavy atom. The quantitative estimate of drug-likeness (QED) is 0.141. The van der Waals surface area contributed by atoms with Crippen molar-refractivity contribution in [2.75, 3.05) is 4.90 Å². The maximum Gasteiger partial charge on any atom is 0.0541 e. The number of hydrogen-bond acceptors (Lipinski definition) is 1. The van der Waals surface area contributed by atoms with Crippen LogP contribution in [0.4, 0.5) is 17.1 Å². The molecule has 66 heavy (non-hydrogen) atoms. The maximum atomic E-state index is 2.38. The van der Waals surface area contributed by atoms with E-state index in [1.165, 1.54) is 88.2 Å². The summed E-state index contributed by atoms with van der Waals surface area (Å²) in [6, 6.07) is 96.8. The number of benzene rings is 11. The summed E-state index contributed by atoms with van der Waals surface area (Å²) in [6.45, 7) is 0. The van der Waals surface area contributed by atoms with E-state index in [-0.39, 0.29) is 0 Å². The first kappa shape index (κ1) is 38.9. The number of anilines is 3. The molecule has 2 heteroatoms. The Morgan fingerprint density at radius 2 is 0.636 bits per heavy atom. The summed E-state index contributed by atoms with van der Waals surface area (Å²) in [7, 11) is 0. The van der Waals surface area contributed by atoms with Crippen molar-refractivity contribution in [2.45, 2.75) is 0 Å². The van der Waals surface area contributed by atoms with Crippen molar-refractivity contribution >= 4 is 49.6 Å². The first-order valence-electron chi connectivity index (χ1n) is 22.7. The molecule has 0 N–H and O–H groups in total. The highest BCUT2D eigenvalue weighted by atomic mass is 15.1. The number of para-hydroxylation sites is 2. The molecule has 1 aromatic heterocycles. The van der Waals surface area contributed by atoms with E-state index in [2.05, 4.69) is 276 Å². The fourth-order valence-corrected chi connectivity index (χ4v) is 9.64. The zero-order valence-electron chi connectivity index (χ0n) is 36.3. The summed E-state index contributed by atoms with van der Waals surface area (Å²) in [5, 5.41) is 5.04. The minimum atomic E-state index is 1.09. The van der Waals surface area contributed by atoms with E-state index in [0.717, 1.165) is 22.7 Å². The highest BCUT2D eigenvalue weighted by Gasteiger charge is 2.16. The molecule has 11 aromatic carbocycles. The van der Waals surface area contributed by atoms with Crippen molar-refractivity contribution < 1.29 is 0 Å². The molecule has 0 saturated carbocycles. The lowest BCUT2D eigenvalue weighted by atomic mass is 9.97. The van der Waals surface area contributed by atoms with Crippen molar-refractivity contribution in [3.63, 3.8) is 0 Å². The second-order valence-electron chi connectivity index (χ2n) is 17.0. The molecule has 1 heterocycles. The molecule has 12 rings (SSSR count). The van der Waals surface area contributed by atoms with Gasteiger partial charge in [-0.15, -0.1) is 0 Å². The van der Waals surface area contributed by atoms with Crippen LogP contribution in [0.15, 0.2) is 267 Å². The Bertz CT molecular complexity index is 3620. The average Bonchev–Trinajstić information content (AvgIpc) is 3.74. The molecule has 0 amide bonds. The Balaban J connectivity index is 0.851. The summed E-state index contributed by atoms with van der Waals surface area (Å²) < 4.78 is 2.38. The standard InChI is InChI=1S/C64H44N2/c1-2-13-45(14-3-1)54-19-11-21-59(43-54)65(58-39-35-50(36-40-58)52-17-10-18-53(41-52)56-32-31-46-15-4-5-16-51(46)42-56)57-37-33-48(34-38-57)47-27-29-49(30-28-47)55-20-12-22-60(44-55)66-63-25-8-6-23-61(63)62-24-7-9-26-64(62)66/h1-44H. The van der Waals surface area contributed by atoms with E-state index >= 15 is 0 Å². The highest BCUT2D eigenvalue weighted by Crippen LogP contribution is 2.40. The summed E-state index contributed by atoms with van der Waals surface area (Å²) in [6.07, 6.45) is 0. The molecule has 12 aromatic rings. The average molecular weight is 841 g/mol. The lowest BCUT2D eigenvalue weighted by molar-refractivity contribution is 1.18. The largest absolute Gasteiger partial charge is 0.310 e. The lowest BCUT2D eigenvalue weighted by Crippen LogP contribution is -2.10. The van der Waals surface area contributed by atoms with Gasteiger partial charge < -0.3 is 9.47 Å².